The van der Waals surface area contributed by atoms with Crippen molar-refractivity contribution < 1.29 is 4.74 Å². The Hall–Kier alpha value is -1.32. The molecule has 1 N–H and O–H groups in total. The van der Waals surface area contributed by atoms with E-state index in [0.717, 1.165) is 32.8 Å². The first-order valence-electron chi connectivity index (χ1n) is 8.18. The maximum atomic E-state index is 5.55. The lowest BCUT2D eigenvalue weighted by molar-refractivity contribution is 0.140. The number of hydrogen-bond acceptors (Lipinski definition) is 2. The maximum absolute atomic E-state index is 5.55. The Morgan fingerprint density at radius 1 is 1.29 bits per heavy atom. The number of aryl methyl sites for hydroxylation is 1. The van der Waals surface area contributed by atoms with Gasteiger partial charge in [-0.05, 0) is 56.8 Å². The van der Waals surface area contributed by atoms with Gasteiger partial charge in [0, 0.05) is 24.7 Å². The highest BCUT2D eigenvalue weighted by Crippen LogP contribution is 2.34. The van der Waals surface area contributed by atoms with E-state index in [2.05, 4.69) is 48.1 Å². The van der Waals surface area contributed by atoms with Crippen molar-refractivity contribution in [2.75, 3.05) is 26.3 Å². The highest BCUT2D eigenvalue weighted by Gasteiger charge is 2.20. The predicted octanol–water partition coefficient (Wildman–Crippen LogP) is 3.45. The van der Waals surface area contributed by atoms with Crippen LogP contribution in [0.25, 0.3) is 10.9 Å². The van der Waals surface area contributed by atoms with Crippen molar-refractivity contribution in [2.24, 2.45) is 0 Å². The fourth-order valence-corrected chi connectivity index (χ4v) is 3.52. The maximum Gasteiger partial charge on any atom is 0.0645 e. The molecule has 114 valence electrons. The standard InChI is InChI=1S/C18H26N2O/c1-3-21-12-11-20-13-17(15-7-9-19-10-8-15)16-6-4-5-14(2)18(16)20/h4-6,13,15,19H,3,7-12H2,1-2H3. The molecule has 0 spiro atoms. The number of piperidine rings is 1. The summed E-state index contributed by atoms with van der Waals surface area (Å²) >= 11 is 0. The lowest BCUT2D eigenvalue weighted by Gasteiger charge is -2.22. The van der Waals surface area contributed by atoms with Gasteiger partial charge in [0.05, 0.1) is 12.1 Å². The predicted molar refractivity (Wildman–Crippen MR) is 88.0 cm³/mol. The molecule has 0 aliphatic carbocycles. The van der Waals surface area contributed by atoms with E-state index in [1.54, 1.807) is 0 Å². The molecule has 2 heterocycles. The summed E-state index contributed by atoms with van der Waals surface area (Å²) in [7, 11) is 0. The van der Waals surface area contributed by atoms with Crippen LogP contribution in [0.5, 0.6) is 0 Å². The summed E-state index contributed by atoms with van der Waals surface area (Å²) in [5.74, 6) is 0.698. The van der Waals surface area contributed by atoms with Gasteiger partial charge in [-0.25, -0.2) is 0 Å². The van der Waals surface area contributed by atoms with Gasteiger partial charge in [0.25, 0.3) is 0 Å². The van der Waals surface area contributed by atoms with Gasteiger partial charge in [0.1, 0.15) is 0 Å². The van der Waals surface area contributed by atoms with E-state index in [1.165, 1.54) is 34.9 Å². The van der Waals surface area contributed by atoms with Gasteiger partial charge in [-0.3, -0.25) is 0 Å². The molecule has 21 heavy (non-hydrogen) atoms. The molecule has 0 amide bonds. The Balaban J connectivity index is 1.97. The first kappa shape index (κ1) is 14.6. The van der Waals surface area contributed by atoms with Crippen LogP contribution in [-0.2, 0) is 11.3 Å². The van der Waals surface area contributed by atoms with Gasteiger partial charge in [-0.1, -0.05) is 18.2 Å². The van der Waals surface area contributed by atoms with Crippen molar-refractivity contribution in [3.8, 4) is 0 Å². The summed E-state index contributed by atoms with van der Waals surface area (Å²) in [6, 6.07) is 6.69. The number of aromatic nitrogens is 1. The van der Waals surface area contributed by atoms with E-state index in [0.29, 0.717) is 5.92 Å². The fraction of sp³-hybridized carbons (Fsp3) is 0.556. The van der Waals surface area contributed by atoms with Crippen LogP contribution in [-0.4, -0.2) is 30.9 Å². The van der Waals surface area contributed by atoms with Crippen LogP contribution in [0, 0.1) is 6.92 Å². The van der Waals surface area contributed by atoms with Gasteiger partial charge in [0.15, 0.2) is 0 Å². The molecule has 0 unspecified atom stereocenters. The number of ether oxygens (including phenoxy) is 1. The van der Waals surface area contributed by atoms with Crippen LogP contribution in [0.4, 0.5) is 0 Å². The van der Waals surface area contributed by atoms with Crippen molar-refractivity contribution in [1.82, 2.24) is 9.88 Å². The molecule has 2 aromatic rings. The summed E-state index contributed by atoms with van der Waals surface area (Å²) in [4.78, 5) is 0. The average Bonchev–Trinajstić information content (AvgIpc) is 2.89. The largest absolute Gasteiger partial charge is 0.380 e. The van der Waals surface area contributed by atoms with Gasteiger partial charge < -0.3 is 14.6 Å². The average molecular weight is 286 g/mol. The number of hydrogen-bond donors (Lipinski definition) is 1. The highest BCUT2D eigenvalue weighted by atomic mass is 16.5. The minimum Gasteiger partial charge on any atom is -0.380 e. The second-order valence-electron chi connectivity index (χ2n) is 5.97. The highest BCUT2D eigenvalue weighted by molar-refractivity contribution is 5.87. The molecule has 1 aromatic heterocycles. The Bertz CT molecular complexity index is 597. The minimum atomic E-state index is 0.698. The molecule has 1 aromatic carbocycles. The van der Waals surface area contributed by atoms with Crippen LogP contribution >= 0.6 is 0 Å². The molecule has 1 fully saturated rings. The van der Waals surface area contributed by atoms with Crippen LogP contribution in [0.2, 0.25) is 0 Å². The van der Waals surface area contributed by atoms with Crippen molar-refractivity contribution in [1.29, 1.82) is 0 Å². The molecule has 1 saturated heterocycles. The SMILES string of the molecule is CCOCCn1cc(C2CCNCC2)c2cccc(C)c21. The van der Waals surface area contributed by atoms with Crippen molar-refractivity contribution in [3.63, 3.8) is 0 Å². The molecule has 0 bridgehead atoms. The topological polar surface area (TPSA) is 26.2 Å². The van der Waals surface area contributed by atoms with E-state index < -0.39 is 0 Å². The fourth-order valence-electron chi connectivity index (χ4n) is 3.52. The number of rotatable bonds is 5. The number of nitrogens with zero attached hydrogens (tertiary/aromatic N) is 1. The van der Waals surface area contributed by atoms with Gasteiger partial charge >= 0.3 is 0 Å². The Kier molecular flexibility index (Phi) is 4.61. The first-order chi connectivity index (χ1) is 10.3. The van der Waals surface area contributed by atoms with Crippen molar-refractivity contribution in [3.05, 3.63) is 35.5 Å². The van der Waals surface area contributed by atoms with Gasteiger partial charge in [-0.15, -0.1) is 0 Å². The monoisotopic (exact) mass is 286 g/mol. The number of nitrogens with one attached hydrogen (secondary N) is 1. The molecule has 0 saturated carbocycles. The molecule has 1 aliphatic rings. The summed E-state index contributed by atoms with van der Waals surface area (Å²) in [5, 5.41) is 4.91. The molecule has 3 nitrogen and oxygen atoms in total. The molecule has 3 heteroatoms. The summed E-state index contributed by atoms with van der Waals surface area (Å²) in [6.07, 6.45) is 4.88. The van der Waals surface area contributed by atoms with Crippen molar-refractivity contribution in [2.45, 2.75) is 39.2 Å². The third-order valence-electron chi connectivity index (χ3n) is 4.59. The van der Waals surface area contributed by atoms with Gasteiger partial charge in [-0.2, -0.15) is 0 Å². The van der Waals surface area contributed by atoms with E-state index >= 15 is 0 Å². The molecule has 1 aliphatic heterocycles. The van der Waals surface area contributed by atoms with Crippen LogP contribution in [0.1, 0.15) is 36.8 Å². The minimum absolute atomic E-state index is 0.698. The van der Waals surface area contributed by atoms with Crippen LogP contribution in [0.3, 0.4) is 0 Å². The summed E-state index contributed by atoms with van der Waals surface area (Å²) in [6.45, 7) is 9.08. The van der Waals surface area contributed by atoms with Gasteiger partial charge in [0.2, 0.25) is 0 Å². The quantitative estimate of drug-likeness (QED) is 0.852. The van der Waals surface area contributed by atoms with Crippen LogP contribution in [0.15, 0.2) is 24.4 Å². The molecular weight excluding hydrogens is 260 g/mol. The molecule has 0 radical (unpaired) electrons. The zero-order chi connectivity index (χ0) is 14.7. The third-order valence-corrected chi connectivity index (χ3v) is 4.59. The lowest BCUT2D eigenvalue weighted by atomic mass is 9.90. The second kappa shape index (κ2) is 6.63. The number of fused-ring (bicyclic) bond motifs is 1. The molecule has 0 atom stereocenters. The Morgan fingerprint density at radius 2 is 2.10 bits per heavy atom. The molecule has 3 rings (SSSR count). The van der Waals surface area contributed by atoms with E-state index in [4.69, 9.17) is 4.74 Å². The second-order valence-corrected chi connectivity index (χ2v) is 5.97. The van der Waals surface area contributed by atoms with E-state index in [9.17, 15) is 0 Å². The van der Waals surface area contributed by atoms with Crippen molar-refractivity contribution >= 4 is 10.9 Å². The first-order valence-corrected chi connectivity index (χ1v) is 8.18. The normalized spacial score (nSPS) is 16.7. The summed E-state index contributed by atoms with van der Waals surface area (Å²) < 4.78 is 7.95. The number of benzene rings is 1. The Labute approximate surface area is 127 Å². The Morgan fingerprint density at radius 3 is 2.86 bits per heavy atom. The van der Waals surface area contributed by atoms with E-state index in [-0.39, 0.29) is 0 Å². The molecular formula is C18H26N2O. The van der Waals surface area contributed by atoms with Crippen LogP contribution < -0.4 is 5.32 Å². The number of para-hydroxylation sites is 1. The van der Waals surface area contributed by atoms with E-state index in [1.807, 2.05) is 0 Å². The third kappa shape index (κ3) is 2.99. The smallest absolute Gasteiger partial charge is 0.0645 e. The lowest BCUT2D eigenvalue weighted by Crippen LogP contribution is -2.26. The zero-order valence-corrected chi connectivity index (χ0v) is 13.2. The summed E-state index contributed by atoms with van der Waals surface area (Å²) in [5.41, 5.74) is 4.29. The zero-order valence-electron chi connectivity index (χ0n) is 13.2.